The maximum atomic E-state index is 12.6. The van der Waals surface area contributed by atoms with Crippen LogP contribution in [0.3, 0.4) is 0 Å². The average molecular weight is 266 g/mol. The largest absolute Gasteiger partial charge is 0.376 e. The maximum Gasteiger partial charge on any atom is 0.325 e. The van der Waals surface area contributed by atoms with Gasteiger partial charge in [-0.2, -0.15) is 0 Å². The lowest BCUT2D eigenvalue weighted by Crippen LogP contribution is -2.49. The van der Waals surface area contributed by atoms with Crippen LogP contribution in [0.25, 0.3) is 0 Å². The number of carbonyl (C=O) groups excluding carboxylic acids is 2. The van der Waals surface area contributed by atoms with E-state index >= 15 is 0 Å². The summed E-state index contributed by atoms with van der Waals surface area (Å²) in [5.74, 6) is 0.627. The van der Waals surface area contributed by atoms with Crippen molar-refractivity contribution >= 4 is 11.9 Å². The standard InChI is InChI=1S/C14H22N2O3/c1-10-4-6-14(7-5-10)12(17)16(13(18)15-14)9-11-3-2-8-19-11/h10-11H,2-9H2,1H3,(H,15,18)/t10?,11-,14?/m0/s1. The number of rotatable bonds is 2. The van der Waals surface area contributed by atoms with E-state index in [1.807, 2.05) is 0 Å². The van der Waals surface area contributed by atoms with Crippen molar-refractivity contribution in [1.29, 1.82) is 0 Å². The molecule has 2 heterocycles. The van der Waals surface area contributed by atoms with E-state index in [2.05, 4.69) is 12.2 Å². The molecule has 1 saturated carbocycles. The zero-order chi connectivity index (χ0) is 13.5. The van der Waals surface area contributed by atoms with Crippen molar-refractivity contribution in [3.8, 4) is 0 Å². The number of hydrogen-bond acceptors (Lipinski definition) is 3. The van der Waals surface area contributed by atoms with Crippen LogP contribution in [0.1, 0.15) is 45.4 Å². The lowest BCUT2D eigenvalue weighted by Gasteiger charge is -2.33. The van der Waals surface area contributed by atoms with Crippen molar-refractivity contribution in [2.24, 2.45) is 5.92 Å². The fourth-order valence-electron chi connectivity index (χ4n) is 3.43. The van der Waals surface area contributed by atoms with Crippen molar-refractivity contribution in [2.45, 2.75) is 57.1 Å². The van der Waals surface area contributed by atoms with Crippen molar-refractivity contribution in [2.75, 3.05) is 13.2 Å². The minimum Gasteiger partial charge on any atom is -0.376 e. The van der Waals surface area contributed by atoms with Crippen LogP contribution in [0, 0.1) is 5.92 Å². The third kappa shape index (κ3) is 2.24. The van der Waals surface area contributed by atoms with Gasteiger partial charge in [-0.3, -0.25) is 9.69 Å². The van der Waals surface area contributed by atoms with E-state index in [1.165, 1.54) is 4.90 Å². The van der Waals surface area contributed by atoms with Gasteiger partial charge in [-0.15, -0.1) is 0 Å². The van der Waals surface area contributed by atoms with E-state index < -0.39 is 5.54 Å². The minimum atomic E-state index is -0.609. The molecular formula is C14H22N2O3. The second kappa shape index (κ2) is 4.78. The number of nitrogens with one attached hydrogen (secondary N) is 1. The summed E-state index contributed by atoms with van der Waals surface area (Å²) in [5.41, 5.74) is -0.609. The first-order valence-electron chi connectivity index (χ1n) is 7.36. The van der Waals surface area contributed by atoms with Crippen molar-refractivity contribution in [3.63, 3.8) is 0 Å². The molecule has 1 N–H and O–H groups in total. The van der Waals surface area contributed by atoms with Gasteiger partial charge in [0, 0.05) is 6.61 Å². The molecule has 0 aromatic rings. The summed E-state index contributed by atoms with van der Waals surface area (Å²) < 4.78 is 5.53. The Morgan fingerprint density at radius 1 is 1.32 bits per heavy atom. The van der Waals surface area contributed by atoms with Gasteiger partial charge in [0.2, 0.25) is 0 Å². The van der Waals surface area contributed by atoms with Crippen molar-refractivity contribution in [1.82, 2.24) is 10.2 Å². The third-order valence-electron chi connectivity index (χ3n) is 4.78. The number of urea groups is 1. The monoisotopic (exact) mass is 266 g/mol. The zero-order valence-electron chi connectivity index (χ0n) is 11.5. The van der Waals surface area contributed by atoms with E-state index in [9.17, 15) is 9.59 Å². The van der Waals surface area contributed by atoms with Gasteiger partial charge in [0.05, 0.1) is 12.6 Å². The van der Waals surface area contributed by atoms with Gasteiger partial charge in [0.15, 0.2) is 0 Å². The molecule has 1 spiro atoms. The summed E-state index contributed by atoms with van der Waals surface area (Å²) in [6.45, 7) is 3.37. The molecule has 3 aliphatic rings. The molecule has 19 heavy (non-hydrogen) atoms. The highest BCUT2D eigenvalue weighted by Gasteiger charge is 2.52. The summed E-state index contributed by atoms with van der Waals surface area (Å²) in [7, 11) is 0. The molecule has 0 bridgehead atoms. The topological polar surface area (TPSA) is 58.6 Å². The molecule has 0 radical (unpaired) electrons. The lowest BCUT2D eigenvalue weighted by molar-refractivity contribution is -0.133. The molecule has 0 aromatic carbocycles. The summed E-state index contributed by atoms with van der Waals surface area (Å²) in [4.78, 5) is 26.0. The predicted molar refractivity (Wildman–Crippen MR) is 69.6 cm³/mol. The van der Waals surface area contributed by atoms with Gasteiger partial charge in [0.25, 0.3) is 5.91 Å². The lowest BCUT2D eigenvalue weighted by atomic mass is 9.77. The first kappa shape index (κ1) is 12.9. The second-order valence-corrected chi connectivity index (χ2v) is 6.25. The van der Waals surface area contributed by atoms with Gasteiger partial charge in [-0.25, -0.2) is 4.79 Å². The van der Waals surface area contributed by atoms with E-state index in [1.54, 1.807) is 0 Å². The van der Waals surface area contributed by atoms with Crippen LogP contribution in [0.15, 0.2) is 0 Å². The van der Waals surface area contributed by atoms with Crippen LogP contribution >= 0.6 is 0 Å². The molecule has 0 aromatic heterocycles. The molecular weight excluding hydrogens is 244 g/mol. The van der Waals surface area contributed by atoms with E-state index in [4.69, 9.17) is 4.74 Å². The second-order valence-electron chi connectivity index (χ2n) is 6.25. The molecule has 2 aliphatic heterocycles. The quantitative estimate of drug-likeness (QED) is 0.773. The molecule has 3 rings (SSSR count). The molecule has 5 heteroatoms. The van der Waals surface area contributed by atoms with E-state index in [-0.39, 0.29) is 18.0 Å². The van der Waals surface area contributed by atoms with Gasteiger partial charge in [0.1, 0.15) is 5.54 Å². The first-order chi connectivity index (χ1) is 9.11. The Morgan fingerprint density at radius 2 is 2.05 bits per heavy atom. The van der Waals surface area contributed by atoms with Crippen LogP contribution in [0.2, 0.25) is 0 Å². The van der Waals surface area contributed by atoms with Crippen LogP contribution < -0.4 is 5.32 Å². The normalized spacial score (nSPS) is 39.1. The SMILES string of the molecule is CC1CCC2(CC1)NC(=O)N(C[C@@H]1CCCO1)C2=O. The molecule has 5 nitrogen and oxygen atoms in total. The number of carbonyl (C=O) groups is 2. The Bertz CT molecular complexity index is 382. The number of nitrogens with zero attached hydrogens (tertiary/aromatic N) is 1. The van der Waals surface area contributed by atoms with Gasteiger partial charge < -0.3 is 10.1 Å². The van der Waals surface area contributed by atoms with Crippen LogP contribution in [0.4, 0.5) is 4.79 Å². The first-order valence-corrected chi connectivity index (χ1v) is 7.36. The summed E-state index contributed by atoms with van der Waals surface area (Å²) in [5, 5.41) is 2.95. The molecule has 1 atom stereocenters. The minimum absolute atomic E-state index is 0.0279. The Morgan fingerprint density at radius 3 is 2.68 bits per heavy atom. The maximum absolute atomic E-state index is 12.6. The van der Waals surface area contributed by atoms with Crippen molar-refractivity contribution in [3.05, 3.63) is 0 Å². The predicted octanol–water partition coefficient (Wildman–Crippen LogP) is 1.67. The van der Waals surface area contributed by atoms with E-state index in [0.29, 0.717) is 12.5 Å². The molecule has 3 fully saturated rings. The van der Waals surface area contributed by atoms with Crippen LogP contribution in [-0.4, -0.2) is 41.6 Å². The zero-order valence-corrected chi connectivity index (χ0v) is 11.5. The Hall–Kier alpha value is -1.10. The fraction of sp³-hybridized carbons (Fsp3) is 0.857. The highest BCUT2D eigenvalue weighted by Crippen LogP contribution is 2.36. The van der Waals surface area contributed by atoms with Gasteiger partial charge >= 0.3 is 6.03 Å². The highest BCUT2D eigenvalue weighted by molar-refractivity contribution is 6.07. The summed E-state index contributed by atoms with van der Waals surface area (Å²) >= 11 is 0. The average Bonchev–Trinajstić information content (AvgIpc) is 2.97. The number of imide groups is 1. The summed E-state index contributed by atoms with van der Waals surface area (Å²) in [6.07, 6.45) is 5.59. The van der Waals surface area contributed by atoms with E-state index in [0.717, 1.165) is 45.1 Å². The number of ether oxygens (including phenoxy) is 1. The molecule has 2 saturated heterocycles. The van der Waals surface area contributed by atoms with Crippen molar-refractivity contribution < 1.29 is 14.3 Å². The Balaban J connectivity index is 1.69. The molecule has 0 unspecified atom stereocenters. The Kier molecular flexibility index (Phi) is 3.25. The number of hydrogen-bond donors (Lipinski definition) is 1. The Labute approximate surface area is 113 Å². The van der Waals surface area contributed by atoms with Crippen LogP contribution in [-0.2, 0) is 9.53 Å². The van der Waals surface area contributed by atoms with Crippen LogP contribution in [0.5, 0.6) is 0 Å². The summed E-state index contributed by atoms with van der Waals surface area (Å²) in [6, 6.07) is -0.227. The molecule has 106 valence electrons. The third-order valence-corrected chi connectivity index (χ3v) is 4.78. The van der Waals surface area contributed by atoms with Gasteiger partial charge in [-0.1, -0.05) is 6.92 Å². The fourth-order valence-corrected chi connectivity index (χ4v) is 3.43. The molecule has 1 aliphatic carbocycles. The van der Waals surface area contributed by atoms with Gasteiger partial charge in [-0.05, 0) is 44.4 Å². The number of amides is 3. The highest BCUT2D eigenvalue weighted by atomic mass is 16.5. The smallest absolute Gasteiger partial charge is 0.325 e. The molecule has 3 amide bonds.